The number of hydrogen-bond donors (Lipinski definition) is 1. The van der Waals surface area contributed by atoms with Crippen molar-refractivity contribution in [3.63, 3.8) is 0 Å². The molecule has 0 spiro atoms. The highest BCUT2D eigenvalue weighted by Crippen LogP contribution is 2.25. The molecule has 2 atom stereocenters. The number of piperidine rings is 1. The van der Waals surface area contributed by atoms with Crippen molar-refractivity contribution in [1.29, 1.82) is 0 Å². The van der Waals surface area contributed by atoms with E-state index in [9.17, 15) is 4.39 Å². The summed E-state index contributed by atoms with van der Waals surface area (Å²) in [5.41, 5.74) is 2.04. The average Bonchev–Trinajstić information content (AvgIpc) is 3.10. The van der Waals surface area contributed by atoms with E-state index in [1.54, 1.807) is 0 Å². The first-order chi connectivity index (χ1) is 11.9. The van der Waals surface area contributed by atoms with Crippen molar-refractivity contribution in [2.75, 3.05) is 26.2 Å². The van der Waals surface area contributed by atoms with Crippen LogP contribution >= 0.6 is 0 Å². The smallest absolute Gasteiger partial charge is 0.138 e. The lowest BCUT2D eigenvalue weighted by molar-refractivity contribution is 0.154. The summed E-state index contributed by atoms with van der Waals surface area (Å²) in [7, 11) is 0. The molecular formula is C19H33FN4O. The van der Waals surface area contributed by atoms with Crippen molar-refractivity contribution in [1.82, 2.24) is 20.3 Å². The van der Waals surface area contributed by atoms with Gasteiger partial charge in [-0.05, 0) is 60.0 Å². The van der Waals surface area contributed by atoms with Crippen LogP contribution < -0.4 is 5.32 Å². The minimum Gasteiger partial charge on any atom is -0.361 e. The molecular weight excluding hydrogens is 319 g/mol. The van der Waals surface area contributed by atoms with E-state index in [0.717, 1.165) is 43.2 Å². The Bertz CT molecular complexity index is 534. The SMILES string of the molecule is Cc1noc(C)c1CN1C[C@@H](F)C[C@H]1CNC1CCN(C(C)C)CC1. The fraction of sp³-hybridized carbons (Fsp3) is 0.842. The van der Waals surface area contributed by atoms with Crippen LogP contribution in [0.2, 0.25) is 0 Å². The Hall–Kier alpha value is -0.980. The predicted molar refractivity (Wildman–Crippen MR) is 97.4 cm³/mol. The first kappa shape index (κ1) is 18.8. The van der Waals surface area contributed by atoms with E-state index in [0.29, 0.717) is 25.0 Å². The van der Waals surface area contributed by atoms with Gasteiger partial charge in [-0.15, -0.1) is 0 Å². The molecule has 0 saturated carbocycles. The molecule has 2 aliphatic heterocycles. The molecule has 1 aromatic rings. The standard InChI is InChI=1S/C19H33FN4O/c1-13(2)23-7-5-17(6-8-23)21-10-18-9-16(20)11-24(18)12-19-14(3)22-25-15(19)4/h13,16-18,21H,5-12H2,1-4H3/t16-,18-/m0/s1. The molecule has 1 aromatic heterocycles. The maximum atomic E-state index is 14.0. The first-order valence-electron chi connectivity index (χ1n) is 9.71. The van der Waals surface area contributed by atoms with Gasteiger partial charge < -0.3 is 14.7 Å². The maximum absolute atomic E-state index is 14.0. The molecule has 2 fully saturated rings. The molecule has 0 aromatic carbocycles. The zero-order valence-electron chi connectivity index (χ0n) is 16.1. The Labute approximate surface area is 150 Å². The topological polar surface area (TPSA) is 44.5 Å². The second-order valence-corrected chi connectivity index (χ2v) is 8.03. The van der Waals surface area contributed by atoms with Gasteiger partial charge in [0, 0.05) is 43.3 Å². The predicted octanol–water partition coefficient (Wildman–Crippen LogP) is 2.67. The summed E-state index contributed by atoms with van der Waals surface area (Å²) in [6.07, 6.45) is 2.28. The van der Waals surface area contributed by atoms with Crippen LogP contribution in [-0.4, -0.2) is 65.4 Å². The third-order valence-corrected chi connectivity index (χ3v) is 5.92. The molecule has 0 bridgehead atoms. The average molecular weight is 352 g/mol. The zero-order valence-corrected chi connectivity index (χ0v) is 16.1. The molecule has 0 aliphatic carbocycles. The van der Waals surface area contributed by atoms with Crippen LogP contribution in [0.4, 0.5) is 4.39 Å². The highest BCUT2D eigenvalue weighted by Gasteiger charge is 2.33. The number of aryl methyl sites for hydroxylation is 2. The molecule has 0 amide bonds. The molecule has 2 saturated heterocycles. The van der Waals surface area contributed by atoms with E-state index in [2.05, 4.69) is 34.1 Å². The molecule has 3 heterocycles. The Balaban J connectivity index is 1.51. The van der Waals surface area contributed by atoms with Crippen molar-refractivity contribution in [2.24, 2.45) is 0 Å². The fourth-order valence-corrected chi connectivity index (χ4v) is 4.18. The molecule has 0 radical (unpaired) electrons. The Morgan fingerprint density at radius 3 is 2.60 bits per heavy atom. The fourth-order valence-electron chi connectivity index (χ4n) is 4.18. The zero-order chi connectivity index (χ0) is 18.0. The van der Waals surface area contributed by atoms with Crippen molar-refractivity contribution < 1.29 is 8.91 Å². The van der Waals surface area contributed by atoms with Gasteiger partial charge in [0.2, 0.25) is 0 Å². The second-order valence-electron chi connectivity index (χ2n) is 8.03. The number of alkyl halides is 1. The largest absolute Gasteiger partial charge is 0.361 e. The van der Waals surface area contributed by atoms with Crippen LogP contribution in [0.1, 0.15) is 50.1 Å². The van der Waals surface area contributed by atoms with E-state index in [1.165, 1.54) is 12.8 Å². The van der Waals surface area contributed by atoms with Gasteiger partial charge in [0.15, 0.2) is 0 Å². The van der Waals surface area contributed by atoms with Crippen molar-refractivity contribution in [3.05, 3.63) is 17.0 Å². The summed E-state index contributed by atoms with van der Waals surface area (Å²) in [6.45, 7) is 12.9. The van der Waals surface area contributed by atoms with Crippen molar-refractivity contribution >= 4 is 0 Å². The number of halogens is 1. The minimum atomic E-state index is -0.727. The van der Waals surface area contributed by atoms with Gasteiger partial charge in [-0.3, -0.25) is 4.90 Å². The number of nitrogens with zero attached hydrogens (tertiary/aromatic N) is 3. The van der Waals surface area contributed by atoms with E-state index in [1.807, 2.05) is 13.8 Å². The summed E-state index contributed by atoms with van der Waals surface area (Å²) in [6, 6.07) is 1.45. The molecule has 3 rings (SSSR count). The van der Waals surface area contributed by atoms with Gasteiger partial charge in [0.05, 0.1) is 5.69 Å². The molecule has 2 aliphatic rings. The van der Waals surface area contributed by atoms with E-state index in [-0.39, 0.29) is 6.04 Å². The summed E-state index contributed by atoms with van der Waals surface area (Å²) in [5, 5.41) is 7.74. The highest BCUT2D eigenvalue weighted by molar-refractivity contribution is 5.21. The lowest BCUT2D eigenvalue weighted by atomic mass is 10.0. The lowest BCUT2D eigenvalue weighted by Crippen LogP contribution is -2.48. The van der Waals surface area contributed by atoms with Crippen LogP contribution in [0.3, 0.4) is 0 Å². The molecule has 5 nitrogen and oxygen atoms in total. The maximum Gasteiger partial charge on any atom is 0.138 e. The number of hydrogen-bond acceptors (Lipinski definition) is 5. The van der Waals surface area contributed by atoms with Crippen molar-refractivity contribution in [2.45, 2.75) is 77.8 Å². The van der Waals surface area contributed by atoms with E-state index in [4.69, 9.17) is 4.52 Å². The van der Waals surface area contributed by atoms with Gasteiger partial charge in [0.1, 0.15) is 11.9 Å². The van der Waals surface area contributed by atoms with Crippen LogP contribution in [0.15, 0.2) is 4.52 Å². The quantitative estimate of drug-likeness (QED) is 0.853. The molecule has 25 heavy (non-hydrogen) atoms. The van der Waals surface area contributed by atoms with Gasteiger partial charge >= 0.3 is 0 Å². The van der Waals surface area contributed by atoms with E-state index < -0.39 is 6.17 Å². The highest BCUT2D eigenvalue weighted by atomic mass is 19.1. The summed E-state index contributed by atoms with van der Waals surface area (Å²) >= 11 is 0. The summed E-state index contributed by atoms with van der Waals surface area (Å²) < 4.78 is 19.3. The minimum absolute atomic E-state index is 0.256. The number of rotatable bonds is 6. The third-order valence-electron chi connectivity index (χ3n) is 5.92. The molecule has 6 heteroatoms. The number of likely N-dealkylation sites (tertiary alicyclic amines) is 2. The summed E-state index contributed by atoms with van der Waals surface area (Å²) in [4.78, 5) is 4.79. The summed E-state index contributed by atoms with van der Waals surface area (Å²) in [5.74, 6) is 0.854. The molecule has 142 valence electrons. The van der Waals surface area contributed by atoms with E-state index >= 15 is 0 Å². The molecule has 1 N–H and O–H groups in total. The van der Waals surface area contributed by atoms with Gasteiger partial charge in [-0.2, -0.15) is 0 Å². The lowest BCUT2D eigenvalue weighted by Gasteiger charge is -2.36. The third kappa shape index (κ3) is 4.60. The number of nitrogens with one attached hydrogen (secondary N) is 1. The van der Waals surface area contributed by atoms with Gasteiger partial charge in [0.25, 0.3) is 0 Å². The van der Waals surface area contributed by atoms with Gasteiger partial charge in [-0.1, -0.05) is 5.16 Å². The molecule has 0 unspecified atom stereocenters. The van der Waals surface area contributed by atoms with Crippen LogP contribution in [0.25, 0.3) is 0 Å². The van der Waals surface area contributed by atoms with Crippen molar-refractivity contribution in [3.8, 4) is 0 Å². The van der Waals surface area contributed by atoms with Crippen LogP contribution in [0, 0.1) is 13.8 Å². The Morgan fingerprint density at radius 2 is 2.00 bits per heavy atom. The first-order valence-corrected chi connectivity index (χ1v) is 9.71. The normalized spacial score (nSPS) is 26.8. The second kappa shape index (κ2) is 8.14. The number of aromatic nitrogens is 1. The Kier molecular flexibility index (Phi) is 6.12. The van der Waals surface area contributed by atoms with Gasteiger partial charge in [-0.25, -0.2) is 4.39 Å². The monoisotopic (exact) mass is 352 g/mol. The Morgan fingerprint density at radius 1 is 1.28 bits per heavy atom. The van der Waals surface area contributed by atoms with Crippen LogP contribution in [0.5, 0.6) is 0 Å². The van der Waals surface area contributed by atoms with Crippen LogP contribution in [-0.2, 0) is 6.54 Å².